The van der Waals surface area contributed by atoms with Crippen molar-refractivity contribution in [2.24, 2.45) is 0 Å². The predicted molar refractivity (Wildman–Crippen MR) is 46.0 cm³/mol. The van der Waals surface area contributed by atoms with Crippen LogP contribution >= 0.6 is 12.8 Å². The number of hydrogen-bond donors (Lipinski definition) is 1. The maximum absolute atomic E-state index is 10.4. The average Bonchev–Trinajstić information content (AvgIpc) is 2.37. The van der Waals surface area contributed by atoms with Crippen molar-refractivity contribution in [1.29, 1.82) is 5.26 Å². The number of rotatable bonds is 0. The molecule has 0 aromatic heterocycles. The molecule has 0 saturated carbocycles. The molecule has 12 heavy (non-hydrogen) atoms. The summed E-state index contributed by atoms with van der Waals surface area (Å²) in [7, 11) is 0. The van der Waals surface area contributed by atoms with Crippen LogP contribution in [0.3, 0.4) is 0 Å². The smallest absolute Gasteiger partial charge is 0.239 e. The zero-order valence-corrected chi connectivity index (χ0v) is 7.67. The number of carbonyl (C=O) groups is 2. The highest BCUT2D eigenvalue weighted by molar-refractivity contribution is 7.79. The van der Waals surface area contributed by atoms with E-state index in [0.717, 1.165) is 4.31 Å². The summed E-state index contributed by atoms with van der Waals surface area (Å²) < 4.78 is 0.861. The van der Waals surface area contributed by atoms with Crippen LogP contribution in [-0.4, -0.2) is 16.1 Å². The lowest BCUT2D eigenvalue weighted by Crippen LogP contribution is -2.17. The number of nitrogens with zero attached hydrogens (tertiary/aromatic N) is 2. The van der Waals surface area contributed by atoms with Gasteiger partial charge in [0.15, 0.2) is 0 Å². The lowest BCUT2D eigenvalue weighted by Gasteiger charge is -1.99. The molecular formula is C7H10N2O2S. The van der Waals surface area contributed by atoms with E-state index in [0.29, 0.717) is 19.3 Å². The van der Waals surface area contributed by atoms with Gasteiger partial charge in [-0.1, -0.05) is 19.7 Å². The van der Waals surface area contributed by atoms with Gasteiger partial charge in [0, 0.05) is 19.3 Å². The molecule has 0 N–H and O–H groups in total. The first-order chi connectivity index (χ1) is 5.63. The van der Waals surface area contributed by atoms with Crippen LogP contribution in [0.5, 0.6) is 0 Å². The molecule has 5 heteroatoms. The summed E-state index contributed by atoms with van der Waals surface area (Å²) >= 11 is 3.62. The van der Waals surface area contributed by atoms with Crippen LogP contribution in [0.15, 0.2) is 0 Å². The largest absolute Gasteiger partial charge is 0.273 e. The highest BCUT2D eigenvalue weighted by Gasteiger charge is 2.25. The molecule has 1 saturated heterocycles. The van der Waals surface area contributed by atoms with Crippen LogP contribution in [0.4, 0.5) is 0 Å². The lowest BCUT2D eigenvalue weighted by molar-refractivity contribution is -0.131. The number of imide groups is 1. The summed E-state index contributed by atoms with van der Waals surface area (Å²) in [6, 6.07) is 1.93. The first kappa shape index (κ1) is 11.0. The molecular weight excluding hydrogens is 176 g/mol. The minimum absolute atomic E-state index is 0.196. The minimum atomic E-state index is -0.196. The molecule has 0 aromatic rings. The molecule has 2 amide bonds. The zero-order chi connectivity index (χ0) is 9.56. The van der Waals surface area contributed by atoms with E-state index < -0.39 is 0 Å². The predicted octanol–water partition coefficient (Wildman–Crippen LogP) is 0.900. The molecule has 4 nitrogen and oxygen atoms in total. The van der Waals surface area contributed by atoms with Gasteiger partial charge in [0.05, 0.1) is 6.07 Å². The molecule has 1 aliphatic rings. The quantitative estimate of drug-likeness (QED) is 0.451. The fourth-order valence-electron chi connectivity index (χ4n) is 0.565. The Hall–Kier alpha value is -1.02. The molecule has 1 aliphatic heterocycles. The number of amides is 2. The number of thiol groups is 1. The molecule has 0 unspecified atom stereocenters. The topological polar surface area (TPSA) is 61.2 Å². The third-order valence-electron chi connectivity index (χ3n) is 1.18. The van der Waals surface area contributed by atoms with Gasteiger partial charge in [-0.3, -0.25) is 9.59 Å². The van der Waals surface area contributed by atoms with Crippen LogP contribution in [0.1, 0.15) is 26.2 Å². The summed E-state index contributed by atoms with van der Waals surface area (Å²) in [5.74, 6) is -0.392. The van der Waals surface area contributed by atoms with Gasteiger partial charge in [-0.2, -0.15) is 5.26 Å². The lowest BCUT2D eigenvalue weighted by atomic mass is 10.4. The SMILES string of the molecule is CCC#N.O=C1CCC(=O)N1S. The van der Waals surface area contributed by atoms with Crippen LogP contribution in [0, 0.1) is 11.3 Å². The van der Waals surface area contributed by atoms with Crippen LogP contribution in [0.2, 0.25) is 0 Å². The number of nitriles is 1. The van der Waals surface area contributed by atoms with E-state index in [1.165, 1.54) is 0 Å². The fraction of sp³-hybridized carbons (Fsp3) is 0.571. The van der Waals surface area contributed by atoms with Crippen molar-refractivity contribution in [1.82, 2.24) is 4.31 Å². The second-order valence-electron chi connectivity index (χ2n) is 2.11. The first-order valence-corrected chi connectivity index (χ1v) is 3.95. The van der Waals surface area contributed by atoms with Gasteiger partial charge in [-0.15, -0.1) is 0 Å². The summed E-state index contributed by atoms with van der Waals surface area (Å²) in [6.45, 7) is 1.82. The Morgan fingerprint density at radius 1 is 1.50 bits per heavy atom. The van der Waals surface area contributed by atoms with Gasteiger partial charge in [-0.05, 0) is 0 Å². The molecule has 0 aliphatic carbocycles. The number of hydrogen-bond acceptors (Lipinski definition) is 4. The Labute approximate surface area is 76.7 Å². The second-order valence-corrected chi connectivity index (χ2v) is 2.51. The van der Waals surface area contributed by atoms with Crippen molar-refractivity contribution in [3.8, 4) is 6.07 Å². The molecule has 0 radical (unpaired) electrons. The van der Waals surface area contributed by atoms with E-state index >= 15 is 0 Å². The van der Waals surface area contributed by atoms with Crippen LogP contribution in [-0.2, 0) is 9.59 Å². The van der Waals surface area contributed by atoms with Gasteiger partial charge < -0.3 is 0 Å². The Balaban J connectivity index is 0.000000261. The molecule has 0 aromatic carbocycles. The van der Waals surface area contributed by atoms with Crippen LogP contribution < -0.4 is 0 Å². The van der Waals surface area contributed by atoms with Gasteiger partial charge >= 0.3 is 0 Å². The van der Waals surface area contributed by atoms with Crippen molar-refractivity contribution in [2.45, 2.75) is 26.2 Å². The normalized spacial score (nSPS) is 15.2. The van der Waals surface area contributed by atoms with E-state index in [1.807, 2.05) is 13.0 Å². The Kier molecular flexibility index (Phi) is 5.13. The summed E-state index contributed by atoms with van der Waals surface area (Å²) in [5.41, 5.74) is 0. The summed E-state index contributed by atoms with van der Waals surface area (Å²) in [5, 5.41) is 7.62. The molecule has 1 fully saturated rings. The third-order valence-corrected chi connectivity index (χ3v) is 1.63. The van der Waals surface area contributed by atoms with Gasteiger partial charge in [0.25, 0.3) is 0 Å². The maximum Gasteiger partial charge on any atom is 0.239 e. The molecule has 1 heterocycles. The van der Waals surface area contributed by atoms with Crippen molar-refractivity contribution in [3.05, 3.63) is 0 Å². The summed E-state index contributed by atoms with van der Waals surface area (Å²) in [6.07, 6.45) is 1.27. The van der Waals surface area contributed by atoms with Crippen molar-refractivity contribution in [2.75, 3.05) is 0 Å². The van der Waals surface area contributed by atoms with Crippen LogP contribution in [0.25, 0.3) is 0 Å². The Bertz CT molecular complexity index is 206. The van der Waals surface area contributed by atoms with E-state index in [2.05, 4.69) is 12.8 Å². The molecule has 0 bridgehead atoms. The van der Waals surface area contributed by atoms with Crippen molar-refractivity contribution < 1.29 is 9.59 Å². The Morgan fingerprint density at radius 2 is 1.83 bits per heavy atom. The average molecular weight is 186 g/mol. The van der Waals surface area contributed by atoms with E-state index in [4.69, 9.17) is 5.26 Å². The first-order valence-electron chi connectivity index (χ1n) is 3.55. The van der Waals surface area contributed by atoms with Gasteiger partial charge in [0.1, 0.15) is 0 Å². The Morgan fingerprint density at radius 3 is 1.92 bits per heavy atom. The monoisotopic (exact) mass is 186 g/mol. The van der Waals surface area contributed by atoms with Gasteiger partial charge in [-0.25, -0.2) is 4.31 Å². The van der Waals surface area contributed by atoms with Crippen molar-refractivity contribution in [3.63, 3.8) is 0 Å². The van der Waals surface area contributed by atoms with Crippen molar-refractivity contribution >= 4 is 24.6 Å². The molecule has 0 atom stereocenters. The number of carbonyl (C=O) groups excluding carboxylic acids is 2. The third kappa shape index (κ3) is 3.39. The minimum Gasteiger partial charge on any atom is -0.273 e. The second kappa shape index (κ2) is 5.61. The molecule has 1 rings (SSSR count). The van der Waals surface area contributed by atoms with Gasteiger partial charge in [0.2, 0.25) is 11.8 Å². The standard InChI is InChI=1S/C4H5NO2S.C3H5N/c6-3-1-2-4(7)5(3)8;1-2-3-4/h8H,1-2H2;2H2,1H3. The maximum atomic E-state index is 10.4. The van der Waals surface area contributed by atoms with E-state index in [-0.39, 0.29) is 11.8 Å². The fourth-order valence-corrected chi connectivity index (χ4v) is 0.765. The van der Waals surface area contributed by atoms with E-state index in [1.54, 1.807) is 0 Å². The molecule has 66 valence electrons. The highest BCUT2D eigenvalue weighted by atomic mass is 32.1. The zero-order valence-electron chi connectivity index (χ0n) is 6.78. The highest BCUT2D eigenvalue weighted by Crippen LogP contribution is 2.12. The molecule has 0 spiro atoms. The summed E-state index contributed by atoms with van der Waals surface area (Å²) in [4.78, 5) is 20.8. The van der Waals surface area contributed by atoms with E-state index in [9.17, 15) is 9.59 Å².